The molecule has 3 aromatic rings. The Morgan fingerprint density at radius 3 is 2.38 bits per heavy atom. The molecule has 0 aliphatic rings. The molecule has 0 saturated carbocycles. The minimum atomic E-state index is -0.0722. The Balaban J connectivity index is 2.01. The van der Waals surface area contributed by atoms with Crippen molar-refractivity contribution in [3.05, 3.63) is 83.0 Å². The molecule has 1 aromatic heterocycles. The Kier molecular flexibility index (Phi) is 4.29. The number of aryl methyl sites for hydroxylation is 1. The number of carbonyl (C=O) groups excluding carboxylic acids is 1. The quantitative estimate of drug-likeness (QED) is 0.557. The molecule has 0 amide bonds. The highest BCUT2D eigenvalue weighted by Crippen LogP contribution is 2.23. The molecule has 4 nitrogen and oxygen atoms in total. The highest BCUT2D eigenvalue weighted by molar-refractivity contribution is 6.18. The van der Waals surface area contributed by atoms with Crippen molar-refractivity contribution < 1.29 is 4.79 Å². The van der Waals surface area contributed by atoms with Gasteiger partial charge in [0, 0.05) is 23.0 Å². The second kappa shape index (κ2) is 6.54. The lowest BCUT2D eigenvalue weighted by Crippen LogP contribution is -2.08. The van der Waals surface area contributed by atoms with Gasteiger partial charge in [0.1, 0.15) is 5.82 Å². The maximum absolute atomic E-state index is 12.8. The van der Waals surface area contributed by atoms with E-state index in [1.165, 1.54) is 5.56 Å². The van der Waals surface area contributed by atoms with Gasteiger partial charge in [0.05, 0.1) is 11.3 Å². The first-order valence-electron chi connectivity index (χ1n) is 7.75. The van der Waals surface area contributed by atoms with Gasteiger partial charge in [-0.15, -0.1) is 0 Å². The predicted molar refractivity (Wildman–Crippen MR) is 98.1 cm³/mol. The fourth-order valence-corrected chi connectivity index (χ4v) is 2.62. The summed E-state index contributed by atoms with van der Waals surface area (Å²) in [6.45, 7) is 3.89. The van der Waals surface area contributed by atoms with E-state index in [9.17, 15) is 4.79 Å². The molecule has 24 heavy (non-hydrogen) atoms. The molecule has 0 fully saturated rings. The molecule has 4 heteroatoms. The molecule has 1 heterocycles. The molecule has 0 spiro atoms. The number of hydrogen-bond donors (Lipinski definition) is 2. The number of nitrogens with two attached hydrogens (primary N) is 1. The highest BCUT2D eigenvalue weighted by atomic mass is 16.1. The minimum absolute atomic E-state index is 0.0722. The number of rotatable bonds is 4. The van der Waals surface area contributed by atoms with Crippen LogP contribution in [0.5, 0.6) is 0 Å². The van der Waals surface area contributed by atoms with Crippen LogP contribution < -0.4 is 5.73 Å². The first kappa shape index (κ1) is 15.7. The van der Waals surface area contributed by atoms with E-state index in [-0.39, 0.29) is 5.78 Å². The summed E-state index contributed by atoms with van der Waals surface area (Å²) in [5, 5.41) is 0. The first-order valence-corrected chi connectivity index (χ1v) is 7.75. The molecule has 3 N–H and O–H groups in total. The number of H-pyrrole nitrogens is 1. The van der Waals surface area contributed by atoms with Crippen LogP contribution in [0.1, 0.15) is 34.0 Å². The van der Waals surface area contributed by atoms with Crippen LogP contribution in [0.15, 0.2) is 65.8 Å². The van der Waals surface area contributed by atoms with Gasteiger partial charge in [-0.1, -0.05) is 48.0 Å². The monoisotopic (exact) mass is 317 g/mol. The Hall–Kier alpha value is -3.14. The largest absolute Gasteiger partial charge is 0.385 e. The Morgan fingerprint density at radius 2 is 1.71 bits per heavy atom. The van der Waals surface area contributed by atoms with Gasteiger partial charge in [-0.05, 0) is 26.0 Å². The van der Waals surface area contributed by atoms with E-state index in [1.807, 2.05) is 56.3 Å². The molecule has 3 rings (SSSR count). The van der Waals surface area contributed by atoms with Crippen LogP contribution in [0.3, 0.4) is 0 Å². The Labute approximate surface area is 141 Å². The number of aromatic nitrogens is 1. The van der Waals surface area contributed by atoms with E-state index in [1.54, 1.807) is 18.3 Å². The third-order valence-electron chi connectivity index (χ3n) is 3.88. The maximum atomic E-state index is 12.8. The SMILES string of the molecule is CC(=Nc1ccc(C)cc1)c1c(C(=O)c2ccccc2)c[nH]c1N. The smallest absolute Gasteiger partial charge is 0.195 e. The molecule has 0 unspecified atom stereocenters. The summed E-state index contributed by atoms with van der Waals surface area (Å²) < 4.78 is 0. The van der Waals surface area contributed by atoms with E-state index in [0.29, 0.717) is 28.2 Å². The second-order valence-corrected chi connectivity index (χ2v) is 5.72. The van der Waals surface area contributed by atoms with Crippen molar-refractivity contribution in [2.75, 3.05) is 5.73 Å². The van der Waals surface area contributed by atoms with Crippen molar-refractivity contribution in [3.8, 4) is 0 Å². The average Bonchev–Trinajstić information content (AvgIpc) is 2.98. The van der Waals surface area contributed by atoms with Crippen LogP contribution in [0, 0.1) is 6.92 Å². The molecule has 0 aliphatic carbocycles. The average molecular weight is 317 g/mol. The van der Waals surface area contributed by atoms with Crippen molar-refractivity contribution in [1.29, 1.82) is 0 Å². The van der Waals surface area contributed by atoms with Crippen LogP contribution in [0.2, 0.25) is 0 Å². The van der Waals surface area contributed by atoms with Gasteiger partial charge in [0.15, 0.2) is 5.78 Å². The normalized spacial score (nSPS) is 11.5. The predicted octanol–water partition coefficient (Wildman–Crippen LogP) is 4.28. The third-order valence-corrected chi connectivity index (χ3v) is 3.88. The summed E-state index contributed by atoms with van der Waals surface area (Å²) in [7, 11) is 0. The molecule has 0 atom stereocenters. The van der Waals surface area contributed by atoms with Crippen LogP contribution in [0.25, 0.3) is 0 Å². The van der Waals surface area contributed by atoms with Crippen molar-refractivity contribution in [2.45, 2.75) is 13.8 Å². The summed E-state index contributed by atoms with van der Waals surface area (Å²) >= 11 is 0. The van der Waals surface area contributed by atoms with E-state index in [0.717, 1.165) is 5.69 Å². The Morgan fingerprint density at radius 1 is 1.04 bits per heavy atom. The van der Waals surface area contributed by atoms with Gasteiger partial charge >= 0.3 is 0 Å². The molecule has 0 radical (unpaired) electrons. The first-order chi connectivity index (χ1) is 11.6. The number of hydrogen-bond acceptors (Lipinski definition) is 3. The van der Waals surface area contributed by atoms with Crippen LogP contribution in [0.4, 0.5) is 11.5 Å². The topological polar surface area (TPSA) is 71.2 Å². The molecule has 2 aromatic carbocycles. The number of aliphatic imine (C=N–C) groups is 1. The lowest BCUT2D eigenvalue weighted by Gasteiger charge is -2.05. The van der Waals surface area contributed by atoms with Crippen LogP contribution >= 0.6 is 0 Å². The number of anilines is 1. The highest BCUT2D eigenvalue weighted by Gasteiger charge is 2.19. The van der Waals surface area contributed by atoms with Crippen LogP contribution in [-0.4, -0.2) is 16.5 Å². The zero-order valence-electron chi connectivity index (χ0n) is 13.7. The van der Waals surface area contributed by atoms with Crippen LogP contribution in [-0.2, 0) is 0 Å². The van der Waals surface area contributed by atoms with E-state index in [4.69, 9.17) is 5.73 Å². The molecule has 0 saturated heterocycles. The van der Waals surface area contributed by atoms with Gasteiger partial charge in [-0.2, -0.15) is 0 Å². The molecular formula is C20H19N3O. The summed E-state index contributed by atoms with van der Waals surface area (Å²) in [5.74, 6) is 0.375. The number of nitrogens with zero attached hydrogens (tertiary/aromatic N) is 1. The number of ketones is 1. The number of nitrogens with one attached hydrogen (secondary N) is 1. The standard InChI is InChI=1S/C20H19N3O/c1-13-8-10-16(11-9-13)23-14(2)18-17(12-22-20(18)21)19(24)15-6-4-3-5-7-15/h3-12,22H,21H2,1-2H3. The molecule has 0 aliphatic heterocycles. The lowest BCUT2D eigenvalue weighted by molar-refractivity contribution is 0.103. The molecule has 0 bridgehead atoms. The summed E-state index contributed by atoms with van der Waals surface area (Å²) in [6.07, 6.45) is 1.65. The number of carbonyl (C=O) groups is 1. The maximum Gasteiger partial charge on any atom is 0.195 e. The van der Waals surface area contributed by atoms with Gasteiger partial charge in [0.25, 0.3) is 0 Å². The van der Waals surface area contributed by atoms with Gasteiger partial charge in [-0.25, -0.2) is 0 Å². The second-order valence-electron chi connectivity index (χ2n) is 5.72. The van der Waals surface area contributed by atoms with Gasteiger partial charge in [0.2, 0.25) is 0 Å². The van der Waals surface area contributed by atoms with Gasteiger partial charge < -0.3 is 10.7 Å². The summed E-state index contributed by atoms with van der Waals surface area (Å²) in [6, 6.07) is 17.1. The number of aromatic amines is 1. The van der Waals surface area contributed by atoms with E-state index < -0.39 is 0 Å². The zero-order valence-corrected chi connectivity index (χ0v) is 13.7. The lowest BCUT2D eigenvalue weighted by atomic mass is 10.00. The minimum Gasteiger partial charge on any atom is -0.385 e. The Bertz CT molecular complexity index is 890. The third kappa shape index (κ3) is 3.13. The zero-order chi connectivity index (χ0) is 17.1. The van der Waals surface area contributed by atoms with E-state index in [2.05, 4.69) is 9.98 Å². The van der Waals surface area contributed by atoms with Crippen molar-refractivity contribution in [1.82, 2.24) is 4.98 Å². The number of nitrogen functional groups attached to an aromatic ring is 1. The number of benzene rings is 2. The van der Waals surface area contributed by atoms with Crippen molar-refractivity contribution in [3.63, 3.8) is 0 Å². The summed E-state index contributed by atoms with van der Waals surface area (Å²) in [5.41, 5.74) is 10.6. The molecule has 120 valence electrons. The van der Waals surface area contributed by atoms with Crippen molar-refractivity contribution >= 4 is 23.0 Å². The van der Waals surface area contributed by atoms with E-state index >= 15 is 0 Å². The van der Waals surface area contributed by atoms with Crippen molar-refractivity contribution in [2.24, 2.45) is 4.99 Å². The summed E-state index contributed by atoms with van der Waals surface area (Å²) in [4.78, 5) is 20.3. The fraction of sp³-hybridized carbons (Fsp3) is 0.100. The fourth-order valence-electron chi connectivity index (χ4n) is 2.62. The molecular weight excluding hydrogens is 298 g/mol. The van der Waals surface area contributed by atoms with Gasteiger partial charge in [-0.3, -0.25) is 9.79 Å².